The zero-order chi connectivity index (χ0) is 14.4. The van der Waals surface area contributed by atoms with Crippen LogP contribution in [-0.4, -0.2) is 52.7 Å². The van der Waals surface area contributed by atoms with Gasteiger partial charge >= 0.3 is 12.1 Å². The Kier molecular flexibility index (Phi) is 5.15. The molecule has 10 heteroatoms. The number of carboxylic acid groups (broad SMARTS) is 1. The van der Waals surface area contributed by atoms with Gasteiger partial charge in [0, 0.05) is 13.3 Å². The van der Waals surface area contributed by atoms with E-state index >= 15 is 0 Å². The van der Waals surface area contributed by atoms with Crippen LogP contribution in [0.5, 0.6) is 0 Å². The summed E-state index contributed by atoms with van der Waals surface area (Å²) in [5, 5.41) is 24.2. The topological polar surface area (TPSA) is 124 Å². The first-order valence-electron chi connectivity index (χ1n) is 5.62. The van der Waals surface area contributed by atoms with Crippen molar-refractivity contribution in [3.63, 3.8) is 0 Å². The SMILES string of the molecule is CCOC(=O)OC(C)ON=[N+]([O-])N1CC[C@H]1C(=O)O. The van der Waals surface area contributed by atoms with Gasteiger partial charge in [0.2, 0.25) is 5.28 Å². The van der Waals surface area contributed by atoms with Crippen molar-refractivity contribution in [1.29, 1.82) is 0 Å². The molecule has 1 unspecified atom stereocenters. The van der Waals surface area contributed by atoms with E-state index in [2.05, 4.69) is 19.6 Å². The maximum absolute atomic E-state index is 11.4. The highest BCUT2D eigenvalue weighted by Gasteiger charge is 2.41. The van der Waals surface area contributed by atoms with Crippen molar-refractivity contribution >= 4 is 12.1 Å². The lowest BCUT2D eigenvalue weighted by Gasteiger charge is -2.32. The van der Waals surface area contributed by atoms with Crippen LogP contribution in [0.25, 0.3) is 0 Å². The molecular formula is C9H15N3O7. The maximum Gasteiger partial charge on any atom is 0.511 e. The van der Waals surface area contributed by atoms with Crippen molar-refractivity contribution in [3.05, 3.63) is 5.21 Å². The lowest BCUT2D eigenvalue weighted by molar-refractivity contribution is -0.730. The number of hydrazine groups is 1. The lowest BCUT2D eigenvalue weighted by atomic mass is 10.1. The van der Waals surface area contributed by atoms with Gasteiger partial charge in [0.15, 0.2) is 6.04 Å². The van der Waals surface area contributed by atoms with E-state index in [1.165, 1.54) is 6.92 Å². The molecule has 0 aliphatic carbocycles. The molecule has 1 aliphatic rings. The molecular weight excluding hydrogens is 262 g/mol. The molecule has 108 valence electrons. The van der Waals surface area contributed by atoms with E-state index in [-0.39, 0.29) is 18.1 Å². The highest BCUT2D eigenvalue weighted by Crippen LogP contribution is 2.17. The molecule has 0 saturated carbocycles. The van der Waals surface area contributed by atoms with Crippen molar-refractivity contribution in [2.75, 3.05) is 13.2 Å². The smallest absolute Gasteiger partial charge is 0.511 e. The molecule has 0 bridgehead atoms. The minimum absolute atomic E-state index is 0.0211. The first-order valence-corrected chi connectivity index (χ1v) is 5.62. The van der Waals surface area contributed by atoms with Crippen LogP contribution < -0.4 is 0 Å². The highest BCUT2D eigenvalue weighted by atomic mass is 16.8. The minimum Gasteiger partial charge on any atom is -0.569 e. The monoisotopic (exact) mass is 277 g/mol. The van der Waals surface area contributed by atoms with Crippen LogP contribution in [0.4, 0.5) is 4.79 Å². The van der Waals surface area contributed by atoms with E-state index in [0.29, 0.717) is 6.42 Å². The molecule has 1 heterocycles. The number of rotatable bonds is 6. The van der Waals surface area contributed by atoms with Crippen molar-refractivity contribution in [2.24, 2.45) is 5.28 Å². The Hall–Kier alpha value is -2.26. The van der Waals surface area contributed by atoms with Crippen LogP contribution in [0.1, 0.15) is 20.3 Å². The van der Waals surface area contributed by atoms with Gasteiger partial charge in [-0.2, -0.15) is 0 Å². The Morgan fingerprint density at radius 1 is 1.63 bits per heavy atom. The highest BCUT2D eigenvalue weighted by molar-refractivity contribution is 5.74. The van der Waals surface area contributed by atoms with Crippen molar-refractivity contribution < 1.29 is 34.0 Å². The van der Waals surface area contributed by atoms with Gasteiger partial charge in [-0.05, 0) is 6.92 Å². The number of carbonyl (C=O) groups is 2. The second kappa shape index (κ2) is 6.61. The fourth-order valence-corrected chi connectivity index (χ4v) is 1.29. The Bertz CT molecular complexity index is 373. The fraction of sp³-hybridized carbons (Fsp3) is 0.778. The van der Waals surface area contributed by atoms with Gasteiger partial charge in [0.25, 0.3) is 6.29 Å². The third-order valence-corrected chi connectivity index (χ3v) is 2.29. The van der Waals surface area contributed by atoms with Gasteiger partial charge in [-0.15, -0.1) is 5.01 Å². The van der Waals surface area contributed by atoms with Crippen LogP contribution in [0.2, 0.25) is 0 Å². The quantitative estimate of drug-likeness (QED) is 0.244. The number of aliphatic carboxylic acids is 1. The number of carbonyl (C=O) groups excluding carboxylic acids is 1. The number of hydrogen-bond donors (Lipinski definition) is 1. The van der Waals surface area contributed by atoms with Crippen molar-refractivity contribution in [2.45, 2.75) is 32.6 Å². The molecule has 0 aromatic carbocycles. The van der Waals surface area contributed by atoms with Crippen molar-refractivity contribution in [3.8, 4) is 0 Å². The van der Waals surface area contributed by atoms with Gasteiger partial charge in [-0.1, -0.05) is 0 Å². The van der Waals surface area contributed by atoms with Gasteiger partial charge < -0.3 is 19.8 Å². The third-order valence-electron chi connectivity index (χ3n) is 2.29. The van der Waals surface area contributed by atoms with E-state index in [9.17, 15) is 14.8 Å². The van der Waals surface area contributed by atoms with E-state index in [1.54, 1.807) is 6.92 Å². The number of hydrogen-bond acceptors (Lipinski definition) is 7. The van der Waals surface area contributed by atoms with Gasteiger partial charge in [-0.3, -0.25) is 4.84 Å². The Morgan fingerprint density at radius 3 is 2.79 bits per heavy atom. The number of ether oxygens (including phenoxy) is 2. The number of nitrogens with zero attached hydrogens (tertiary/aromatic N) is 3. The molecule has 19 heavy (non-hydrogen) atoms. The molecule has 0 spiro atoms. The zero-order valence-electron chi connectivity index (χ0n) is 10.5. The van der Waals surface area contributed by atoms with Crippen LogP contribution in [-0.2, 0) is 19.1 Å². The molecule has 2 atom stereocenters. The zero-order valence-corrected chi connectivity index (χ0v) is 10.5. The first-order chi connectivity index (χ1) is 8.95. The molecule has 0 aromatic heterocycles. The van der Waals surface area contributed by atoms with E-state index in [0.717, 1.165) is 5.01 Å². The average Bonchev–Trinajstić information content (AvgIpc) is 2.24. The largest absolute Gasteiger partial charge is 0.569 e. The fourth-order valence-electron chi connectivity index (χ4n) is 1.29. The summed E-state index contributed by atoms with van der Waals surface area (Å²) in [4.78, 5) is 26.2. The van der Waals surface area contributed by atoms with E-state index < -0.39 is 24.5 Å². The molecule has 0 aromatic rings. The molecule has 1 aliphatic heterocycles. The molecule has 1 N–H and O–H groups in total. The summed E-state index contributed by atoms with van der Waals surface area (Å²) in [7, 11) is 0. The Labute approximate surface area is 108 Å². The average molecular weight is 277 g/mol. The lowest BCUT2D eigenvalue weighted by Crippen LogP contribution is -2.55. The molecule has 1 saturated heterocycles. The molecule has 1 rings (SSSR count). The summed E-state index contributed by atoms with van der Waals surface area (Å²) in [6.45, 7) is 3.34. The van der Waals surface area contributed by atoms with E-state index in [4.69, 9.17) is 5.11 Å². The van der Waals surface area contributed by atoms with Gasteiger partial charge in [-0.25, -0.2) is 9.59 Å². The summed E-state index contributed by atoms with van der Waals surface area (Å²) in [5.41, 5.74) is 0. The first kappa shape index (κ1) is 14.8. The third kappa shape index (κ3) is 4.16. The van der Waals surface area contributed by atoms with Crippen molar-refractivity contribution in [1.82, 2.24) is 5.01 Å². The second-order valence-electron chi connectivity index (χ2n) is 3.61. The van der Waals surface area contributed by atoms with E-state index in [1.807, 2.05) is 0 Å². The summed E-state index contributed by atoms with van der Waals surface area (Å²) < 4.78 is 9.05. The van der Waals surface area contributed by atoms with Crippen LogP contribution in [0, 0.1) is 5.21 Å². The summed E-state index contributed by atoms with van der Waals surface area (Å²) >= 11 is 0. The maximum atomic E-state index is 11.4. The Balaban J connectivity index is 2.39. The predicted octanol–water partition coefficient (Wildman–Crippen LogP) is 0.473. The molecule has 0 amide bonds. The van der Waals surface area contributed by atoms with Crippen LogP contribution in [0.15, 0.2) is 5.28 Å². The van der Waals surface area contributed by atoms with Crippen LogP contribution in [0.3, 0.4) is 0 Å². The minimum atomic E-state index is -1.12. The summed E-state index contributed by atoms with van der Waals surface area (Å²) in [6, 6.07) is -0.911. The van der Waals surface area contributed by atoms with Gasteiger partial charge in [0.05, 0.1) is 18.1 Å². The van der Waals surface area contributed by atoms with Gasteiger partial charge in [0.1, 0.15) is 0 Å². The standard InChI is InChI=1S/C9H15N3O7/c1-3-17-9(15)18-6(2)19-10-12(16)11-5-4-7(11)8(13)14/h6-7H,3-5H2,1-2H3,(H,13,14)/t6?,7-/m0/s1. The van der Waals surface area contributed by atoms with Crippen LogP contribution >= 0.6 is 0 Å². The predicted molar refractivity (Wildman–Crippen MR) is 57.5 cm³/mol. The second-order valence-corrected chi connectivity index (χ2v) is 3.61. The number of carboxylic acids is 1. The summed E-state index contributed by atoms with van der Waals surface area (Å²) in [5.74, 6) is -1.11. The summed E-state index contributed by atoms with van der Waals surface area (Å²) in [6.07, 6.45) is -1.71. The molecule has 0 radical (unpaired) electrons. The Morgan fingerprint density at radius 2 is 2.32 bits per heavy atom. The molecule has 10 nitrogen and oxygen atoms in total. The normalized spacial score (nSPS) is 20.2. The molecule has 1 fully saturated rings.